The summed E-state index contributed by atoms with van der Waals surface area (Å²) in [5.74, 6) is -0.926. The van der Waals surface area contributed by atoms with Crippen molar-refractivity contribution in [1.82, 2.24) is 20.5 Å². The number of carboxylic acid groups (broad SMARTS) is 1. The molecule has 1 aromatic rings. The van der Waals surface area contributed by atoms with Gasteiger partial charge < -0.3 is 10.4 Å². The molecule has 7 nitrogen and oxygen atoms in total. The summed E-state index contributed by atoms with van der Waals surface area (Å²) in [7, 11) is 0. The molecule has 0 aromatic carbocycles. The monoisotopic (exact) mass is 224 g/mol. The largest absolute Gasteiger partial charge is 0.481 e. The lowest BCUT2D eigenvalue weighted by atomic mass is 10.1. The number of H-pyrrole nitrogens is 1. The molecule has 1 fully saturated rings. The molecule has 16 heavy (non-hydrogen) atoms. The quantitative estimate of drug-likeness (QED) is 0.641. The van der Waals surface area contributed by atoms with Crippen molar-refractivity contribution in [2.75, 3.05) is 0 Å². The number of carbonyl (C=O) groups is 2. The lowest BCUT2D eigenvalue weighted by molar-refractivity contribution is -0.137. The predicted molar refractivity (Wildman–Crippen MR) is 52.6 cm³/mol. The van der Waals surface area contributed by atoms with Crippen LogP contribution in [0, 0.1) is 5.92 Å². The molecule has 0 radical (unpaired) electrons. The van der Waals surface area contributed by atoms with Crippen molar-refractivity contribution >= 4 is 11.9 Å². The van der Waals surface area contributed by atoms with Gasteiger partial charge >= 0.3 is 5.97 Å². The molecule has 1 aliphatic rings. The molecule has 0 saturated heterocycles. The van der Waals surface area contributed by atoms with Gasteiger partial charge in [0.1, 0.15) is 6.33 Å². The SMILES string of the molecule is O=C(O)CC(NC(=O)c1ncn[nH]1)C1CC1. The van der Waals surface area contributed by atoms with Crippen molar-refractivity contribution in [2.45, 2.75) is 25.3 Å². The summed E-state index contributed by atoms with van der Waals surface area (Å²) in [6, 6.07) is -0.310. The fourth-order valence-corrected chi connectivity index (χ4v) is 1.57. The average Bonchev–Trinajstić information content (AvgIpc) is 2.91. The average molecular weight is 224 g/mol. The van der Waals surface area contributed by atoms with Crippen LogP contribution in [0.15, 0.2) is 6.33 Å². The van der Waals surface area contributed by atoms with Crippen LogP contribution in [0.4, 0.5) is 0 Å². The van der Waals surface area contributed by atoms with Gasteiger partial charge in [-0.25, -0.2) is 4.98 Å². The molecule has 3 N–H and O–H groups in total. The third-order valence-corrected chi connectivity index (χ3v) is 2.53. The summed E-state index contributed by atoms with van der Waals surface area (Å²) in [5, 5.41) is 17.4. The van der Waals surface area contributed by atoms with Crippen LogP contribution < -0.4 is 5.32 Å². The van der Waals surface area contributed by atoms with Crippen LogP contribution in [0.3, 0.4) is 0 Å². The fraction of sp³-hybridized carbons (Fsp3) is 0.556. The lowest BCUT2D eigenvalue weighted by Gasteiger charge is -2.14. The van der Waals surface area contributed by atoms with Crippen molar-refractivity contribution in [3.63, 3.8) is 0 Å². The van der Waals surface area contributed by atoms with Crippen molar-refractivity contribution in [3.05, 3.63) is 12.2 Å². The Bertz CT molecular complexity index is 385. The first-order valence-corrected chi connectivity index (χ1v) is 5.05. The maximum atomic E-state index is 11.6. The van der Waals surface area contributed by atoms with E-state index >= 15 is 0 Å². The maximum absolute atomic E-state index is 11.6. The van der Waals surface area contributed by atoms with Crippen LogP contribution in [0.2, 0.25) is 0 Å². The third-order valence-electron chi connectivity index (χ3n) is 2.53. The summed E-state index contributed by atoms with van der Waals surface area (Å²) in [5.41, 5.74) is 0. The van der Waals surface area contributed by atoms with Gasteiger partial charge in [0.25, 0.3) is 5.91 Å². The minimum absolute atomic E-state index is 0.0510. The molecule has 1 aromatic heterocycles. The van der Waals surface area contributed by atoms with E-state index in [9.17, 15) is 9.59 Å². The molecule has 1 atom stereocenters. The van der Waals surface area contributed by atoms with Crippen molar-refractivity contribution < 1.29 is 14.7 Å². The summed E-state index contributed by atoms with van der Waals surface area (Å²) in [4.78, 5) is 25.9. The van der Waals surface area contributed by atoms with Gasteiger partial charge in [0, 0.05) is 6.04 Å². The minimum atomic E-state index is -0.908. The number of carboxylic acids is 1. The van der Waals surface area contributed by atoms with Gasteiger partial charge in [-0.05, 0) is 18.8 Å². The highest BCUT2D eigenvalue weighted by atomic mass is 16.4. The van der Waals surface area contributed by atoms with E-state index in [0.717, 1.165) is 12.8 Å². The standard InChI is InChI=1S/C9H12N4O3/c14-7(15)3-6(5-1-2-5)12-9(16)8-10-4-11-13-8/h4-6H,1-3H2,(H,12,16)(H,14,15)(H,10,11,13). The van der Waals surface area contributed by atoms with Crippen molar-refractivity contribution in [1.29, 1.82) is 0 Å². The highest BCUT2D eigenvalue weighted by molar-refractivity contribution is 5.90. The first-order chi connectivity index (χ1) is 7.66. The number of nitrogens with one attached hydrogen (secondary N) is 2. The number of aromatic amines is 1. The van der Waals surface area contributed by atoms with Gasteiger partial charge in [0.2, 0.25) is 5.82 Å². The van der Waals surface area contributed by atoms with E-state index in [0.29, 0.717) is 0 Å². The number of amides is 1. The number of rotatable bonds is 5. The number of nitrogens with zero attached hydrogens (tertiary/aromatic N) is 2. The van der Waals surface area contributed by atoms with E-state index in [1.807, 2.05) is 0 Å². The second-order valence-corrected chi connectivity index (χ2v) is 3.85. The molecule has 0 aliphatic heterocycles. The maximum Gasteiger partial charge on any atom is 0.305 e. The zero-order valence-corrected chi connectivity index (χ0v) is 8.51. The first kappa shape index (κ1) is 10.6. The van der Waals surface area contributed by atoms with Crippen LogP contribution in [0.5, 0.6) is 0 Å². The molecule has 1 saturated carbocycles. The second-order valence-electron chi connectivity index (χ2n) is 3.85. The van der Waals surface area contributed by atoms with E-state index in [-0.39, 0.29) is 24.2 Å². The Kier molecular flexibility index (Phi) is 2.84. The molecule has 1 aliphatic carbocycles. The lowest BCUT2D eigenvalue weighted by Crippen LogP contribution is -2.38. The molecule has 0 bridgehead atoms. The number of carbonyl (C=O) groups excluding carboxylic acids is 1. The molecule has 0 spiro atoms. The normalized spacial score (nSPS) is 16.8. The Balaban J connectivity index is 1.95. The molecular formula is C9H12N4O3. The predicted octanol–water partition coefficient (Wildman–Crippen LogP) is -0.212. The zero-order chi connectivity index (χ0) is 11.5. The number of hydrogen-bond acceptors (Lipinski definition) is 4. The first-order valence-electron chi connectivity index (χ1n) is 5.05. The number of hydrogen-bond donors (Lipinski definition) is 3. The van der Waals surface area contributed by atoms with Gasteiger partial charge in [0.05, 0.1) is 6.42 Å². The van der Waals surface area contributed by atoms with Gasteiger partial charge in [-0.1, -0.05) is 0 Å². The van der Waals surface area contributed by atoms with Crippen LogP contribution in [0.1, 0.15) is 29.9 Å². The molecule has 1 unspecified atom stereocenters. The topological polar surface area (TPSA) is 108 Å². The molecule has 86 valence electrons. The molecule has 1 amide bonds. The third kappa shape index (κ3) is 2.56. The van der Waals surface area contributed by atoms with Crippen molar-refractivity contribution in [2.24, 2.45) is 5.92 Å². The molecular weight excluding hydrogens is 212 g/mol. The van der Waals surface area contributed by atoms with Crippen LogP contribution in [0.25, 0.3) is 0 Å². The summed E-state index contributed by atoms with van der Waals surface area (Å²) >= 11 is 0. The van der Waals surface area contributed by atoms with Gasteiger partial charge in [-0.3, -0.25) is 14.7 Å². The second kappa shape index (κ2) is 4.30. The van der Waals surface area contributed by atoms with Gasteiger partial charge in [0.15, 0.2) is 0 Å². The van der Waals surface area contributed by atoms with E-state index in [4.69, 9.17) is 5.11 Å². The Morgan fingerprint density at radius 2 is 2.38 bits per heavy atom. The smallest absolute Gasteiger partial charge is 0.305 e. The summed E-state index contributed by atoms with van der Waals surface area (Å²) < 4.78 is 0. The van der Waals surface area contributed by atoms with E-state index in [1.165, 1.54) is 6.33 Å². The molecule has 7 heteroatoms. The fourth-order valence-electron chi connectivity index (χ4n) is 1.57. The van der Waals surface area contributed by atoms with Gasteiger partial charge in [-0.15, -0.1) is 0 Å². The van der Waals surface area contributed by atoms with Crippen molar-refractivity contribution in [3.8, 4) is 0 Å². The van der Waals surface area contributed by atoms with E-state index in [2.05, 4.69) is 20.5 Å². The Labute approximate surface area is 91.3 Å². The van der Waals surface area contributed by atoms with Crippen LogP contribution in [-0.2, 0) is 4.79 Å². The minimum Gasteiger partial charge on any atom is -0.481 e. The van der Waals surface area contributed by atoms with Crippen LogP contribution >= 0.6 is 0 Å². The Morgan fingerprint density at radius 3 is 2.88 bits per heavy atom. The van der Waals surface area contributed by atoms with Crippen LogP contribution in [-0.4, -0.2) is 38.2 Å². The summed E-state index contributed by atoms with van der Waals surface area (Å²) in [6.45, 7) is 0. The van der Waals surface area contributed by atoms with Gasteiger partial charge in [-0.2, -0.15) is 5.10 Å². The zero-order valence-electron chi connectivity index (χ0n) is 8.51. The number of aliphatic carboxylic acids is 1. The van der Waals surface area contributed by atoms with E-state index in [1.54, 1.807) is 0 Å². The molecule has 2 rings (SSSR count). The highest BCUT2D eigenvalue weighted by Gasteiger charge is 2.34. The highest BCUT2D eigenvalue weighted by Crippen LogP contribution is 2.34. The Morgan fingerprint density at radius 1 is 1.62 bits per heavy atom. The summed E-state index contributed by atoms with van der Waals surface area (Å²) in [6.07, 6.45) is 3.12. The molecule has 1 heterocycles. The van der Waals surface area contributed by atoms with E-state index < -0.39 is 11.9 Å². The number of aromatic nitrogens is 3. The Hall–Kier alpha value is -1.92.